The van der Waals surface area contributed by atoms with Gasteiger partial charge in [-0.2, -0.15) is 5.26 Å². The van der Waals surface area contributed by atoms with Gasteiger partial charge in [0.15, 0.2) is 11.6 Å². The van der Waals surface area contributed by atoms with E-state index >= 15 is 0 Å². The van der Waals surface area contributed by atoms with Crippen LogP contribution in [0.25, 0.3) is 0 Å². The lowest BCUT2D eigenvalue weighted by atomic mass is 9.75. The lowest BCUT2D eigenvalue weighted by Crippen LogP contribution is -2.47. The predicted octanol–water partition coefficient (Wildman–Crippen LogP) is 4.39. The lowest BCUT2D eigenvalue weighted by molar-refractivity contribution is -0.153. The van der Waals surface area contributed by atoms with Gasteiger partial charge in [-0.3, -0.25) is 4.79 Å². The second kappa shape index (κ2) is 10.7. The Morgan fingerprint density at radius 2 is 1.97 bits per heavy atom. The van der Waals surface area contributed by atoms with Crippen LogP contribution in [0.4, 0.5) is 14.6 Å². The van der Waals surface area contributed by atoms with Gasteiger partial charge in [-0.05, 0) is 69.9 Å². The minimum atomic E-state index is -0.909. The predicted molar refractivity (Wildman–Crippen MR) is 122 cm³/mol. The van der Waals surface area contributed by atoms with E-state index in [-0.39, 0.29) is 18.6 Å². The van der Waals surface area contributed by atoms with E-state index in [0.29, 0.717) is 43.6 Å². The molecule has 1 amide bonds. The van der Waals surface area contributed by atoms with E-state index in [1.807, 2.05) is 26.8 Å². The summed E-state index contributed by atoms with van der Waals surface area (Å²) >= 11 is 0. The summed E-state index contributed by atoms with van der Waals surface area (Å²) < 4.78 is 33.1. The van der Waals surface area contributed by atoms with Crippen LogP contribution < -0.4 is 4.90 Å². The molecule has 3 rings (SSSR count). The Balaban J connectivity index is 1.64. The van der Waals surface area contributed by atoms with Crippen LogP contribution in [0.15, 0.2) is 36.5 Å². The summed E-state index contributed by atoms with van der Waals surface area (Å²) in [5.41, 5.74) is 0.328. The highest BCUT2D eigenvalue weighted by Gasteiger charge is 2.41. The van der Waals surface area contributed by atoms with Gasteiger partial charge in [0, 0.05) is 31.9 Å². The number of aromatic nitrogens is 1. The number of carbonyl (C=O) groups excluding carboxylic acids is 1. The first kappa shape index (κ1) is 24.6. The molecule has 0 spiro atoms. The van der Waals surface area contributed by atoms with Gasteiger partial charge in [0.25, 0.3) is 0 Å². The Morgan fingerprint density at radius 1 is 1.21 bits per heavy atom. The zero-order chi connectivity index (χ0) is 24.0. The Kier molecular flexibility index (Phi) is 7.98. The average Bonchev–Trinajstić information content (AvgIpc) is 2.79. The fourth-order valence-corrected chi connectivity index (χ4v) is 4.23. The Labute approximate surface area is 193 Å². The molecule has 0 saturated heterocycles. The topological polar surface area (TPSA) is 69.5 Å². The van der Waals surface area contributed by atoms with Crippen LogP contribution in [0.1, 0.15) is 51.2 Å². The van der Waals surface area contributed by atoms with Crippen molar-refractivity contribution in [3.8, 4) is 6.07 Å². The number of anilines is 1. The third-order valence-electron chi connectivity index (χ3n) is 6.34. The molecule has 1 aromatic carbocycles. The van der Waals surface area contributed by atoms with E-state index in [0.717, 1.165) is 18.3 Å². The standard InChI is InChI=1S/C25H30F2N4O2/c1-4-30(16-18(3)31(5-2)23-10-7-19(14-28)15-29-23)24(32)17-33-25(11-6-12-25)20-8-9-21(26)22(27)13-20/h7-10,13,15,18H,4-6,11-12,16-17H2,1-3H3. The van der Waals surface area contributed by atoms with Crippen molar-refractivity contribution in [2.24, 2.45) is 0 Å². The number of halogens is 2. The minimum Gasteiger partial charge on any atom is -0.360 e. The molecule has 8 heteroatoms. The van der Waals surface area contributed by atoms with E-state index in [1.165, 1.54) is 18.3 Å². The van der Waals surface area contributed by atoms with Gasteiger partial charge in [-0.15, -0.1) is 0 Å². The smallest absolute Gasteiger partial charge is 0.248 e. The van der Waals surface area contributed by atoms with E-state index in [4.69, 9.17) is 10.00 Å². The number of rotatable bonds is 10. The number of nitriles is 1. The summed E-state index contributed by atoms with van der Waals surface area (Å²) in [5.74, 6) is -1.21. The van der Waals surface area contributed by atoms with Gasteiger partial charge in [-0.25, -0.2) is 13.8 Å². The van der Waals surface area contributed by atoms with E-state index < -0.39 is 17.2 Å². The lowest BCUT2D eigenvalue weighted by Gasteiger charge is -2.42. The number of nitrogens with zero attached hydrogens (tertiary/aromatic N) is 4. The molecule has 0 bridgehead atoms. The van der Waals surface area contributed by atoms with Gasteiger partial charge in [0.2, 0.25) is 5.91 Å². The van der Waals surface area contributed by atoms with Gasteiger partial charge >= 0.3 is 0 Å². The van der Waals surface area contributed by atoms with Crippen LogP contribution in [-0.2, 0) is 15.1 Å². The highest BCUT2D eigenvalue weighted by Crippen LogP contribution is 2.45. The maximum absolute atomic E-state index is 13.8. The van der Waals surface area contributed by atoms with Gasteiger partial charge in [0.05, 0.1) is 11.2 Å². The SMILES string of the molecule is CCN(CC(C)N(CC)c1ccc(C#N)cn1)C(=O)COC1(c2ccc(F)c(F)c2)CCC1. The van der Waals surface area contributed by atoms with Crippen molar-refractivity contribution >= 4 is 11.7 Å². The van der Waals surface area contributed by atoms with Crippen molar-refractivity contribution in [2.75, 3.05) is 31.1 Å². The molecule has 33 heavy (non-hydrogen) atoms. The van der Waals surface area contributed by atoms with Gasteiger partial charge in [-0.1, -0.05) is 6.07 Å². The van der Waals surface area contributed by atoms with Crippen LogP contribution >= 0.6 is 0 Å². The number of hydrogen-bond donors (Lipinski definition) is 0. The first-order valence-electron chi connectivity index (χ1n) is 11.3. The second-order valence-electron chi connectivity index (χ2n) is 8.35. The Bertz CT molecular complexity index is 1000. The molecule has 6 nitrogen and oxygen atoms in total. The second-order valence-corrected chi connectivity index (χ2v) is 8.35. The highest BCUT2D eigenvalue weighted by atomic mass is 19.2. The number of likely N-dealkylation sites (N-methyl/N-ethyl adjacent to an activating group) is 2. The van der Waals surface area contributed by atoms with Crippen molar-refractivity contribution in [1.82, 2.24) is 9.88 Å². The van der Waals surface area contributed by atoms with Crippen LogP contribution in [0, 0.1) is 23.0 Å². The molecular weight excluding hydrogens is 426 g/mol. The third kappa shape index (κ3) is 5.48. The fourth-order valence-electron chi connectivity index (χ4n) is 4.23. The van der Waals surface area contributed by atoms with E-state index in [1.54, 1.807) is 11.0 Å². The van der Waals surface area contributed by atoms with Crippen LogP contribution in [0.3, 0.4) is 0 Å². The molecule has 1 aliphatic carbocycles. The van der Waals surface area contributed by atoms with Crippen molar-refractivity contribution in [3.63, 3.8) is 0 Å². The summed E-state index contributed by atoms with van der Waals surface area (Å²) in [5, 5.41) is 8.98. The number of amides is 1. The maximum atomic E-state index is 13.8. The summed E-state index contributed by atoms with van der Waals surface area (Å²) in [6, 6.07) is 9.39. The minimum absolute atomic E-state index is 0.0109. The zero-order valence-corrected chi connectivity index (χ0v) is 19.4. The van der Waals surface area contributed by atoms with E-state index in [9.17, 15) is 13.6 Å². The monoisotopic (exact) mass is 456 g/mol. The molecule has 2 aromatic rings. The van der Waals surface area contributed by atoms with Crippen molar-refractivity contribution in [2.45, 2.75) is 51.7 Å². The van der Waals surface area contributed by atoms with Crippen LogP contribution in [-0.4, -0.2) is 48.1 Å². The Morgan fingerprint density at radius 3 is 2.48 bits per heavy atom. The highest BCUT2D eigenvalue weighted by molar-refractivity contribution is 5.77. The largest absolute Gasteiger partial charge is 0.360 e. The van der Waals surface area contributed by atoms with E-state index in [2.05, 4.69) is 16.0 Å². The summed E-state index contributed by atoms with van der Waals surface area (Å²) in [6.45, 7) is 7.52. The zero-order valence-electron chi connectivity index (χ0n) is 19.4. The molecule has 1 aromatic heterocycles. The normalized spacial score (nSPS) is 15.3. The first-order chi connectivity index (χ1) is 15.8. The molecule has 1 atom stereocenters. The molecule has 1 saturated carbocycles. The molecule has 0 N–H and O–H groups in total. The molecule has 0 radical (unpaired) electrons. The molecule has 1 heterocycles. The van der Waals surface area contributed by atoms with Crippen molar-refractivity contribution < 1.29 is 18.3 Å². The van der Waals surface area contributed by atoms with Gasteiger partial charge < -0.3 is 14.5 Å². The number of ether oxygens (including phenoxy) is 1. The fraction of sp³-hybridized carbons (Fsp3) is 0.480. The molecule has 176 valence electrons. The molecule has 0 aliphatic heterocycles. The quantitative estimate of drug-likeness (QED) is 0.530. The third-order valence-corrected chi connectivity index (χ3v) is 6.34. The Hall–Kier alpha value is -3.05. The number of carbonyl (C=O) groups is 1. The summed E-state index contributed by atoms with van der Waals surface area (Å²) in [4.78, 5) is 21.2. The summed E-state index contributed by atoms with van der Waals surface area (Å²) in [7, 11) is 0. The molecule has 1 aliphatic rings. The molecule has 1 unspecified atom stereocenters. The first-order valence-corrected chi connectivity index (χ1v) is 11.3. The molecule has 1 fully saturated rings. The average molecular weight is 457 g/mol. The van der Waals surface area contributed by atoms with Crippen molar-refractivity contribution in [1.29, 1.82) is 5.26 Å². The number of hydrogen-bond acceptors (Lipinski definition) is 5. The molecular formula is C25H30F2N4O2. The van der Waals surface area contributed by atoms with Crippen molar-refractivity contribution in [3.05, 3.63) is 59.3 Å². The van der Waals surface area contributed by atoms with Crippen LogP contribution in [0.2, 0.25) is 0 Å². The van der Waals surface area contributed by atoms with Gasteiger partial charge in [0.1, 0.15) is 18.5 Å². The maximum Gasteiger partial charge on any atom is 0.248 e. The summed E-state index contributed by atoms with van der Waals surface area (Å²) in [6.07, 6.45) is 3.78. The number of benzene rings is 1. The number of pyridine rings is 1. The van der Waals surface area contributed by atoms with Crippen LogP contribution in [0.5, 0.6) is 0 Å².